The molecule has 3 aliphatic carbocycles. The number of epoxide rings is 1. The number of aliphatic hydroxyl groups is 4. The topological polar surface area (TPSA) is 103 Å². The van der Waals surface area contributed by atoms with Crippen molar-refractivity contribution in [2.24, 2.45) is 28.6 Å². The van der Waals surface area contributed by atoms with Gasteiger partial charge in [-0.1, -0.05) is 20.8 Å². The number of fused-ring (bicyclic) bond motifs is 4. The highest BCUT2D eigenvalue weighted by atomic mass is 16.6. The third kappa shape index (κ3) is 3.71. The monoisotopic (exact) mass is 508 g/mol. The highest BCUT2D eigenvalue weighted by molar-refractivity contribution is 5.28. The average molecular weight is 509 g/mol. The second kappa shape index (κ2) is 7.91. The summed E-state index contributed by atoms with van der Waals surface area (Å²) in [6.45, 7) is 16.8. The summed E-state index contributed by atoms with van der Waals surface area (Å²) in [5, 5.41) is 45.2. The molecular weight excluding hydrogens is 456 g/mol. The summed E-state index contributed by atoms with van der Waals surface area (Å²) in [5.74, 6) is 0.113. The Balaban J connectivity index is 1.47. The minimum absolute atomic E-state index is 0.00805. The van der Waals surface area contributed by atoms with E-state index in [0.29, 0.717) is 19.3 Å². The molecule has 11 atom stereocenters. The van der Waals surface area contributed by atoms with E-state index in [9.17, 15) is 20.4 Å². The van der Waals surface area contributed by atoms with E-state index in [1.807, 2.05) is 27.7 Å². The van der Waals surface area contributed by atoms with Crippen molar-refractivity contribution in [3.63, 3.8) is 0 Å². The van der Waals surface area contributed by atoms with E-state index in [4.69, 9.17) is 9.47 Å². The van der Waals surface area contributed by atoms with Crippen LogP contribution in [0.15, 0.2) is 0 Å². The van der Waals surface area contributed by atoms with Crippen molar-refractivity contribution in [1.82, 2.24) is 0 Å². The van der Waals surface area contributed by atoms with Crippen LogP contribution in [-0.4, -0.2) is 66.7 Å². The van der Waals surface area contributed by atoms with Gasteiger partial charge < -0.3 is 29.9 Å². The zero-order chi connectivity index (χ0) is 26.7. The van der Waals surface area contributed by atoms with E-state index >= 15 is 0 Å². The molecule has 4 N–H and O–H groups in total. The quantitative estimate of drug-likeness (QED) is 0.423. The molecule has 5 aliphatic rings. The summed E-state index contributed by atoms with van der Waals surface area (Å²) in [5.41, 5.74) is -3.65. The molecule has 2 aliphatic heterocycles. The van der Waals surface area contributed by atoms with Crippen molar-refractivity contribution in [2.45, 2.75) is 159 Å². The van der Waals surface area contributed by atoms with Crippen LogP contribution in [-0.2, 0) is 9.47 Å². The first kappa shape index (κ1) is 27.3. The Bertz CT molecular complexity index is 881. The molecule has 0 amide bonds. The third-order valence-electron chi connectivity index (χ3n) is 12.3. The molecular formula is C30H52O6. The largest absolute Gasteiger partial charge is 0.390 e. The first-order valence-electron chi connectivity index (χ1n) is 14.5. The summed E-state index contributed by atoms with van der Waals surface area (Å²) >= 11 is 0. The summed E-state index contributed by atoms with van der Waals surface area (Å²) in [4.78, 5) is 0. The predicted octanol–water partition coefficient (Wildman–Crippen LogP) is 4.35. The Labute approximate surface area is 218 Å². The van der Waals surface area contributed by atoms with Crippen molar-refractivity contribution >= 4 is 0 Å². The first-order chi connectivity index (χ1) is 16.3. The Morgan fingerprint density at radius 1 is 0.778 bits per heavy atom. The second-order valence-electron chi connectivity index (χ2n) is 15.5. The third-order valence-corrected chi connectivity index (χ3v) is 12.3. The standard InChI is InChI=1S/C30H52O6/c1-24(2)15-16-27(6,33)18-17-21(32)29(8)30(36-29,23(18)24)14-9-19-26(5)12-10-20(31)25(3,4)35-22(26)11-13-28(19,7)34/h18-23,31-34H,9-17H2,1-8H3/t18-,19-,20-,21-,22-,23+,26-,27-,28+,29-,30+/m0/s1. The smallest absolute Gasteiger partial charge is 0.121 e. The molecule has 0 aromatic carbocycles. The zero-order valence-electron chi connectivity index (χ0n) is 23.9. The van der Waals surface area contributed by atoms with Gasteiger partial charge in [0.05, 0.1) is 35.1 Å². The fourth-order valence-corrected chi connectivity index (χ4v) is 9.79. The molecule has 6 heteroatoms. The summed E-state index contributed by atoms with van der Waals surface area (Å²) in [7, 11) is 0. The van der Waals surface area contributed by atoms with E-state index in [1.54, 1.807) is 0 Å². The highest BCUT2D eigenvalue weighted by Gasteiger charge is 2.80. The molecule has 6 nitrogen and oxygen atoms in total. The average Bonchev–Trinajstić information content (AvgIpc) is 3.39. The summed E-state index contributed by atoms with van der Waals surface area (Å²) in [6, 6.07) is 0. The maximum Gasteiger partial charge on any atom is 0.121 e. The molecule has 0 spiro atoms. The fraction of sp³-hybridized carbons (Fsp3) is 1.00. The van der Waals surface area contributed by atoms with Crippen LogP contribution >= 0.6 is 0 Å². The van der Waals surface area contributed by atoms with E-state index in [0.717, 1.165) is 38.5 Å². The Morgan fingerprint density at radius 3 is 2.11 bits per heavy atom. The van der Waals surface area contributed by atoms with Crippen molar-refractivity contribution in [2.75, 3.05) is 0 Å². The van der Waals surface area contributed by atoms with Crippen molar-refractivity contribution in [3.05, 3.63) is 0 Å². The van der Waals surface area contributed by atoms with Crippen LogP contribution in [0.2, 0.25) is 0 Å². The normalized spacial score (nSPS) is 57.7. The zero-order valence-corrected chi connectivity index (χ0v) is 23.9. The van der Waals surface area contributed by atoms with Crippen LogP contribution in [0.3, 0.4) is 0 Å². The molecule has 2 saturated heterocycles. The minimum atomic E-state index is -0.837. The van der Waals surface area contributed by atoms with Gasteiger partial charge in [0, 0.05) is 5.92 Å². The Kier molecular flexibility index (Phi) is 6.01. The van der Waals surface area contributed by atoms with Crippen LogP contribution in [0.25, 0.3) is 0 Å². The fourth-order valence-electron chi connectivity index (χ4n) is 9.79. The van der Waals surface area contributed by atoms with Crippen molar-refractivity contribution in [1.29, 1.82) is 0 Å². The lowest BCUT2D eigenvalue weighted by Gasteiger charge is -2.58. The molecule has 0 aromatic heterocycles. The van der Waals surface area contributed by atoms with Gasteiger partial charge in [0.15, 0.2) is 0 Å². The maximum atomic E-state index is 11.7. The number of aliphatic hydroxyl groups excluding tert-OH is 2. The highest BCUT2D eigenvalue weighted by Crippen LogP contribution is 2.71. The number of hydrogen-bond acceptors (Lipinski definition) is 6. The predicted molar refractivity (Wildman–Crippen MR) is 138 cm³/mol. The molecule has 5 fully saturated rings. The van der Waals surface area contributed by atoms with Crippen molar-refractivity contribution < 1.29 is 29.9 Å². The number of ether oxygens (including phenoxy) is 2. The van der Waals surface area contributed by atoms with Gasteiger partial charge in [-0.2, -0.15) is 0 Å². The van der Waals surface area contributed by atoms with E-state index in [1.165, 1.54) is 0 Å². The van der Waals surface area contributed by atoms with Gasteiger partial charge in [-0.05, 0) is 115 Å². The molecule has 0 unspecified atom stereocenters. The SMILES string of the molecule is CC1(C)CC[C@](C)(O)[C@H]2C[C@H](O)[C@]3(C)O[C@]3(CC[C@H]3[C@]4(C)CC[C@H](O)C(C)(C)O[C@H]4CC[C@@]3(C)O)[C@H]21. The molecule has 36 heavy (non-hydrogen) atoms. The molecule has 2 heterocycles. The van der Waals surface area contributed by atoms with E-state index in [-0.39, 0.29) is 34.7 Å². The summed E-state index contributed by atoms with van der Waals surface area (Å²) in [6.07, 6.45) is 5.53. The van der Waals surface area contributed by atoms with Gasteiger partial charge in [0.2, 0.25) is 0 Å². The molecule has 0 bridgehead atoms. The van der Waals surface area contributed by atoms with Gasteiger partial charge in [-0.25, -0.2) is 0 Å². The minimum Gasteiger partial charge on any atom is -0.390 e. The maximum absolute atomic E-state index is 11.7. The van der Waals surface area contributed by atoms with Crippen LogP contribution in [0, 0.1) is 28.6 Å². The molecule has 3 saturated carbocycles. The van der Waals surface area contributed by atoms with Gasteiger partial charge in [-0.15, -0.1) is 0 Å². The van der Waals surface area contributed by atoms with Gasteiger partial charge in [0.1, 0.15) is 11.2 Å². The van der Waals surface area contributed by atoms with Gasteiger partial charge in [-0.3, -0.25) is 0 Å². The second-order valence-corrected chi connectivity index (χ2v) is 15.5. The number of hydrogen-bond donors (Lipinski definition) is 4. The lowest BCUT2D eigenvalue weighted by atomic mass is 9.47. The van der Waals surface area contributed by atoms with Gasteiger partial charge in [0.25, 0.3) is 0 Å². The Hall–Kier alpha value is -0.240. The van der Waals surface area contributed by atoms with E-state index < -0.39 is 40.2 Å². The van der Waals surface area contributed by atoms with Gasteiger partial charge >= 0.3 is 0 Å². The molecule has 0 radical (unpaired) electrons. The van der Waals surface area contributed by atoms with Crippen LogP contribution in [0.4, 0.5) is 0 Å². The lowest BCUT2D eigenvalue weighted by molar-refractivity contribution is -0.208. The van der Waals surface area contributed by atoms with Crippen LogP contribution in [0.5, 0.6) is 0 Å². The molecule has 0 aromatic rings. The van der Waals surface area contributed by atoms with Crippen LogP contribution in [0.1, 0.15) is 113 Å². The lowest BCUT2D eigenvalue weighted by Crippen LogP contribution is -2.62. The summed E-state index contributed by atoms with van der Waals surface area (Å²) < 4.78 is 13.2. The molecule has 5 rings (SSSR count). The Morgan fingerprint density at radius 2 is 1.44 bits per heavy atom. The first-order valence-corrected chi connectivity index (χ1v) is 14.5. The van der Waals surface area contributed by atoms with E-state index in [2.05, 4.69) is 27.7 Å². The van der Waals surface area contributed by atoms with Crippen LogP contribution < -0.4 is 0 Å². The number of rotatable bonds is 3. The van der Waals surface area contributed by atoms with Crippen molar-refractivity contribution in [3.8, 4) is 0 Å². The molecule has 208 valence electrons.